The SMILES string of the molecule is CN1C(=O)C2C(=NC(Nc3cccc(Cl)c3Cl)=[N+]2CC(=O)O)N(C)C1=O. The van der Waals surface area contributed by atoms with Crippen LogP contribution < -0.4 is 5.32 Å². The van der Waals surface area contributed by atoms with Gasteiger partial charge in [0, 0.05) is 14.1 Å². The molecule has 1 fully saturated rings. The van der Waals surface area contributed by atoms with Crippen LogP contribution in [0.15, 0.2) is 23.2 Å². The lowest BCUT2D eigenvalue weighted by atomic mass is 10.1. The number of rotatable bonds is 3. The van der Waals surface area contributed by atoms with Gasteiger partial charge in [0.05, 0.1) is 10.0 Å². The highest BCUT2D eigenvalue weighted by atomic mass is 35.5. The molecule has 0 aliphatic carbocycles. The molecule has 11 heteroatoms. The smallest absolute Gasteiger partial charge is 0.395 e. The molecule has 0 aromatic heterocycles. The van der Waals surface area contributed by atoms with Gasteiger partial charge in [-0.15, -0.1) is 0 Å². The van der Waals surface area contributed by atoms with E-state index in [0.29, 0.717) is 10.7 Å². The Morgan fingerprint density at radius 2 is 2.00 bits per heavy atom. The number of hydrogen-bond donors (Lipinski definition) is 2. The normalized spacial score (nSPS) is 19.7. The molecule has 0 spiro atoms. The second-order valence-corrected chi connectivity index (χ2v) is 6.47. The van der Waals surface area contributed by atoms with Crippen molar-refractivity contribution in [3.63, 3.8) is 0 Å². The number of nitrogens with one attached hydrogen (secondary N) is 1. The van der Waals surface area contributed by atoms with Crippen molar-refractivity contribution in [1.82, 2.24) is 9.80 Å². The number of amides is 3. The van der Waals surface area contributed by atoms with E-state index in [0.717, 1.165) is 4.90 Å². The monoisotopic (exact) mass is 398 g/mol. The highest BCUT2D eigenvalue weighted by molar-refractivity contribution is 6.44. The molecule has 26 heavy (non-hydrogen) atoms. The van der Waals surface area contributed by atoms with E-state index in [1.165, 1.54) is 23.6 Å². The summed E-state index contributed by atoms with van der Waals surface area (Å²) in [4.78, 5) is 42.4. The first-order chi connectivity index (χ1) is 12.2. The molecular formula is C15H14Cl2N5O4+. The summed E-state index contributed by atoms with van der Waals surface area (Å²) in [5.74, 6) is -1.50. The second kappa shape index (κ2) is 6.58. The number of carboxylic acid groups (broad SMARTS) is 1. The van der Waals surface area contributed by atoms with Crippen molar-refractivity contribution < 1.29 is 24.1 Å². The third-order valence-corrected chi connectivity index (χ3v) is 4.85. The summed E-state index contributed by atoms with van der Waals surface area (Å²) < 4.78 is 1.26. The topological polar surface area (TPSA) is 105 Å². The molecular weight excluding hydrogens is 385 g/mol. The molecule has 2 heterocycles. The standard InChI is InChI=1S/C15H13Cl2N5O4/c1-20-12-11(13(25)21(2)15(20)26)22(6-9(23)24)14(19-12)18-8-5-3-4-7(16)10(8)17/h3-5,11H,6H2,1-2H3,(H,23,24)/p+1. The first-order valence-corrected chi connectivity index (χ1v) is 8.18. The molecule has 1 unspecified atom stereocenters. The van der Waals surface area contributed by atoms with Crippen molar-refractivity contribution in [3.8, 4) is 0 Å². The maximum Gasteiger partial charge on any atom is 0.395 e. The average Bonchev–Trinajstić information content (AvgIpc) is 2.93. The molecule has 2 aliphatic heterocycles. The van der Waals surface area contributed by atoms with Crippen molar-refractivity contribution in [2.24, 2.45) is 4.99 Å². The van der Waals surface area contributed by atoms with Gasteiger partial charge < -0.3 is 5.11 Å². The number of carboxylic acids is 1. The number of urea groups is 1. The Bertz CT molecular complexity index is 898. The zero-order chi connectivity index (χ0) is 19.2. The van der Waals surface area contributed by atoms with Gasteiger partial charge >= 0.3 is 18.0 Å². The predicted octanol–water partition coefficient (Wildman–Crippen LogP) is 1.16. The number of carbonyl (C=O) groups excluding carboxylic acids is 2. The lowest BCUT2D eigenvalue weighted by molar-refractivity contribution is -0.525. The number of fused-ring (bicyclic) bond motifs is 1. The molecule has 3 rings (SSSR count). The van der Waals surface area contributed by atoms with E-state index in [-0.39, 0.29) is 16.8 Å². The van der Waals surface area contributed by atoms with Gasteiger partial charge in [-0.1, -0.05) is 34.3 Å². The third-order valence-electron chi connectivity index (χ3n) is 4.03. The zero-order valence-electron chi connectivity index (χ0n) is 13.7. The van der Waals surface area contributed by atoms with Crippen LogP contribution in [0.2, 0.25) is 10.0 Å². The fourth-order valence-corrected chi connectivity index (χ4v) is 3.08. The van der Waals surface area contributed by atoms with E-state index in [1.54, 1.807) is 18.2 Å². The van der Waals surface area contributed by atoms with Crippen LogP contribution in [0.3, 0.4) is 0 Å². The number of imide groups is 1. The van der Waals surface area contributed by atoms with Crippen LogP contribution in [-0.4, -0.2) is 75.9 Å². The van der Waals surface area contributed by atoms with Gasteiger partial charge in [0.1, 0.15) is 5.69 Å². The summed E-state index contributed by atoms with van der Waals surface area (Å²) in [5, 5.41) is 12.7. The lowest BCUT2D eigenvalue weighted by Crippen LogP contribution is -2.61. The minimum atomic E-state index is -1.16. The van der Waals surface area contributed by atoms with Crippen LogP contribution in [0.5, 0.6) is 0 Å². The van der Waals surface area contributed by atoms with Crippen molar-refractivity contribution >= 4 is 58.6 Å². The quantitative estimate of drug-likeness (QED) is 0.743. The fraction of sp³-hybridized carbons (Fsp3) is 0.267. The van der Waals surface area contributed by atoms with Gasteiger partial charge in [0.15, 0.2) is 6.54 Å². The summed E-state index contributed by atoms with van der Waals surface area (Å²) in [6.07, 6.45) is 0. The summed E-state index contributed by atoms with van der Waals surface area (Å²) in [6.45, 7) is -0.500. The molecule has 0 bridgehead atoms. The number of amidine groups is 1. The number of aliphatic carboxylic acids is 1. The highest BCUT2D eigenvalue weighted by Crippen LogP contribution is 2.30. The molecule has 1 atom stereocenters. The summed E-state index contributed by atoms with van der Waals surface area (Å²) in [7, 11) is 2.79. The number of anilines is 1. The Labute approximate surface area is 158 Å². The number of benzene rings is 1. The Balaban J connectivity index is 2.08. The van der Waals surface area contributed by atoms with E-state index in [9.17, 15) is 19.5 Å². The zero-order valence-corrected chi connectivity index (χ0v) is 15.2. The molecule has 1 aromatic carbocycles. The van der Waals surface area contributed by atoms with E-state index in [4.69, 9.17) is 23.2 Å². The molecule has 1 aromatic rings. The number of carbonyl (C=O) groups is 3. The highest BCUT2D eigenvalue weighted by Gasteiger charge is 2.51. The van der Waals surface area contributed by atoms with E-state index in [1.807, 2.05) is 0 Å². The summed E-state index contributed by atoms with van der Waals surface area (Å²) >= 11 is 12.1. The van der Waals surface area contributed by atoms with Crippen LogP contribution in [0.25, 0.3) is 0 Å². The molecule has 9 nitrogen and oxygen atoms in total. The maximum absolute atomic E-state index is 12.5. The Kier molecular flexibility index (Phi) is 4.59. The number of nitrogens with zero attached hydrogens (tertiary/aromatic N) is 4. The molecule has 1 saturated heterocycles. The largest absolute Gasteiger partial charge is 0.479 e. The summed E-state index contributed by atoms with van der Waals surface area (Å²) in [6, 6.07) is 3.30. The van der Waals surface area contributed by atoms with Crippen molar-refractivity contribution in [2.45, 2.75) is 6.04 Å². The van der Waals surface area contributed by atoms with Gasteiger partial charge in [-0.05, 0) is 12.1 Å². The molecule has 2 N–H and O–H groups in total. The molecule has 0 saturated carbocycles. The predicted molar refractivity (Wildman–Crippen MR) is 95.0 cm³/mol. The van der Waals surface area contributed by atoms with Crippen LogP contribution >= 0.6 is 23.2 Å². The van der Waals surface area contributed by atoms with Crippen LogP contribution in [-0.2, 0) is 9.59 Å². The minimum Gasteiger partial charge on any atom is -0.479 e. The first kappa shape index (κ1) is 18.2. The van der Waals surface area contributed by atoms with Gasteiger partial charge in [0.2, 0.25) is 11.9 Å². The van der Waals surface area contributed by atoms with Gasteiger partial charge in [-0.3, -0.25) is 14.6 Å². The molecule has 136 valence electrons. The maximum atomic E-state index is 12.5. The van der Waals surface area contributed by atoms with Gasteiger partial charge in [-0.2, -0.15) is 0 Å². The minimum absolute atomic E-state index is 0.0832. The Hall–Kier alpha value is -2.65. The van der Waals surface area contributed by atoms with Crippen LogP contribution in [0, 0.1) is 0 Å². The second-order valence-electron chi connectivity index (χ2n) is 5.68. The number of guanidine groups is 1. The van der Waals surface area contributed by atoms with Crippen molar-refractivity contribution in [2.75, 3.05) is 26.0 Å². The first-order valence-electron chi connectivity index (χ1n) is 7.42. The Morgan fingerprint density at radius 3 is 2.65 bits per heavy atom. The average molecular weight is 399 g/mol. The van der Waals surface area contributed by atoms with Crippen LogP contribution in [0.1, 0.15) is 0 Å². The Morgan fingerprint density at radius 1 is 1.31 bits per heavy atom. The molecule has 3 amide bonds. The van der Waals surface area contributed by atoms with E-state index < -0.39 is 30.5 Å². The number of halogens is 2. The van der Waals surface area contributed by atoms with E-state index in [2.05, 4.69) is 10.3 Å². The number of likely N-dealkylation sites (N-methyl/N-ethyl adjacent to an activating group) is 2. The molecule has 2 aliphatic rings. The lowest BCUT2D eigenvalue weighted by Gasteiger charge is -2.31. The molecule has 0 radical (unpaired) electrons. The summed E-state index contributed by atoms with van der Waals surface area (Å²) in [5.41, 5.74) is 0.391. The van der Waals surface area contributed by atoms with Crippen molar-refractivity contribution in [1.29, 1.82) is 0 Å². The van der Waals surface area contributed by atoms with Gasteiger partial charge in [-0.25, -0.2) is 19.5 Å². The van der Waals surface area contributed by atoms with Gasteiger partial charge in [0.25, 0.3) is 5.91 Å². The van der Waals surface area contributed by atoms with Crippen LogP contribution in [0.4, 0.5) is 10.5 Å². The fourth-order valence-electron chi connectivity index (χ4n) is 2.73. The third kappa shape index (κ3) is 2.89. The number of aliphatic imine (C=N–C) groups is 1. The number of hydrogen-bond acceptors (Lipinski definition) is 5. The van der Waals surface area contributed by atoms with E-state index >= 15 is 0 Å². The van der Waals surface area contributed by atoms with Crippen molar-refractivity contribution in [3.05, 3.63) is 28.2 Å².